The Morgan fingerprint density at radius 3 is 2.75 bits per heavy atom. The topological polar surface area (TPSA) is 70.7 Å². The van der Waals surface area contributed by atoms with Gasteiger partial charge in [0.1, 0.15) is 5.75 Å². The summed E-state index contributed by atoms with van der Waals surface area (Å²) < 4.78 is 5.71. The molecule has 0 aliphatic carbocycles. The van der Waals surface area contributed by atoms with E-state index in [0.717, 1.165) is 0 Å². The Morgan fingerprint density at radius 1 is 1.21 bits per heavy atom. The molecule has 2 N–H and O–H groups in total. The Hall–Kier alpha value is -2.73. The summed E-state index contributed by atoms with van der Waals surface area (Å²) in [6.07, 6.45) is -0.810. The van der Waals surface area contributed by atoms with Gasteiger partial charge in [0.25, 0.3) is 5.91 Å². The minimum Gasteiger partial charge on any atom is -0.476 e. The number of hydrogen-bond donors (Lipinski definition) is 2. The highest BCUT2D eigenvalue weighted by molar-refractivity contribution is 6.30. The van der Waals surface area contributed by atoms with Crippen molar-refractivity contribution in [2.45, 2.75) is 13.0 Å². The molecule has 0 aromatic heterocycles. The van der Waals surface area contributed by atoms with E-state index in [0.29, 0.717) is 22.1 Å². The number of carbonyl (C=O) groups excluding carboxylic acids is 2. The van der Waals surface area contributed by atoms with E-state index in [1.807, 2.05) is 6.07 Å². The van der Waals surface area contributed by atoms with Crippen molar-refractivity contribution in [3.8, 4) is 5.75 Å². The minimum absolute atomic E-state index is 0.147. The lowest BCUT2D eigenvalue weighted by molar-refractivity contribution is -0.127. The first-order chi connectivity index (χ1) is 11.5. The van der Waals surface area contributed by atoms with E-state index in [9.17, 15) is 9.59 Å². The highest BCUT2D eigenvalue weighted by Gasteiger charge is 2.32. The van der Waals surface area contributed by atoms with Gasteiger partial charge in [-0.3, -0.25) is 20.4 Å². The van der Waals surface area contributed by atoms with Crippen LogP contribution in [0, 0.1) is 0 Å². The van der Waals surface area contributed by atoms with Gasteiger partial charge in [-0.2, -0.15) is 0 Å². The van der Waals surface area contributed by atoms with Crippen molar-refractivity contribution in [3.63, 3.8) is 0 Å². The molecule has 24 heavy (non-hydrogen) atoms. The maximum atomic E-state index is 12.4. The molecule has 124 valence electrons. The van der Waals surface area contributed by atoms with Crippen LogP contribution in [0.3, 0.4) is 0 Å². The second kappa shape index (κ2) is 6.80. The number of nitrogens with one attached hydrogen (secondary N) is 2. The van der Waals surface area contributed by atoms with Gasteiger partial charge in [0.15, 0.2) is 6.10 Å². The van der Waals surface area contributed by atoms with Crippen LogP contribution < -0.4 is 20.5 Å². The molecule has 0 saturated heterocycles. The summed E-state index contributed by atoms with van der Waals surface area (Å²) in [5, 5.41) is 0.555. The number of para-hydroxylation sites is 2. The van der Waals surface area contributed by atoms with Crippen molar-refractivity contribution >= 4 is 34.8 Å². The zero-order chi connectivity index (χ0) is 17.1. The monoisotopic (exact) mass is 345 g/mol. The molecule has 0 saturated carbocycles. The zero-order valence-electron chi connectivity index (χ0n) is 13.0. The summed E-state index contributed by atoms with van der Waals surface area (Å²) in [5.41, 5.74) is 6.67. The maximum Gasteiger partial charge on any atom is 0.281 e. The lowest BCUT2D eigenvalue weighted by Crippen LogP contribution is -2.51. The van der Waals surface area contributed by atoms with Crippen LogP contribution >= 0.6 is 11.6 Å². The fourth-order valence-electron chi connectivity index (χ4n) is 2.45. The molecule has 7 heteroatoms. The highest BCUT2D eigenvalue weighted by Crippen LogP contribution is 2.33. The number of benzene rings is 2. The average Bonchev–Trinajstić information content (AvgIpc) is 2.58. The van der Waals surface area contributed by atoms with Crippen molar-refractivity contribution in [1.29, 1.82) is 0 Å². The third-order valence-corrected chi connectivity index (χ3v) is 3.84. The fraction of sp³-hybridized carbons (Fsp3) is 0.176. The maximum absolute atomic E-state index is 12.4. The number of ether oxygens (including phenoxy) is 1. The molecule has 0 bridgehead atoms. The van der Waals surface area contributed by atoms with E-state index in [1.54, 1.807) is 42.5 Å². The van der Waals surface area contributed by atoms with Gasteiger partial charge < -0.3 is 9.64 Å². The minimum atomic E-state index is -0.810. The van der Waals surface area contributed by atoms with Crippen molar-refractivity contribution < 1.29 is 14.3 Å². The number of hydrazine groups is 1. The first-order valence-electron chi connectivity index (χ1n) is 7.40. The van der Waals surface area contributed by atoms with Crippen LogP contribution in [0.4, 0.5) is 11.4 Å². The van der Waals surface area contributed by atoms with Crippen LogP contribution in [-0.2, 0) is 9.59 Å². The number of anilines is 2. The summed E-state index contributed by atoms with van der Waals surface area (Å²) in [7, 11) is 0. The Kier molecular flexibility index (Phi) is 4.57. The van der Waals surface area contributed by atoms with E-state index < -0.39 is 6.10 Å². The molecule has 6 nitrogen and oxygen atoms in total. The Bertz CT molecular complexity index is 781. The van der Waals surface area contributed by atoms with Gasteiger partial charge in [-0.1, -0.05) is 29.8 Å². The van der Waals surface area contributed by atoms with Crippen LogP contribution in [0.1, 0.15) is 6.92 Å². The predicted octanol–water partition coefficient (Wildman–Crippen LogP) is 2.60. The van der Waals surface area contributed by atoms with E-state index in [2.05, 4.69) is 10.9 Å². The summed E-state index contributed by atoms with van der Waals surface area (Å²) in [6, 6.07) is 14.1. The summed E-state index contributed by atoms with van der Waals surface area (Å²) in [5.74, 6) is -0.0241. The van der Waals surface area contributed by atoms with E-state index in [4.69, 9.17) is 16.3 Å². The van der Waals surface area contributed by atoms with Crippen molar-refractivity contribution in [2.24, 2.45) is 0 Å². The highest BCUT2D eigenvalue weighted by atomic mass is 35.5. The first-order valence-corrected chi connectivity index (χ1v) is 7.77. The number of carbonyl (C=O) groups is 2. The first kappa shape index (κ1) is 16.1. The third-order valence-electron chi connectivity index (χ3n) is 3.60. The molecular formula is C17H16ClN3O3. The number of rotatable bonds is 3. The molecule has 0 radical (unpaired) electrons. The average molecular weight is 346 g/mol. The van der Waals surface area contributed by atoms with Crippen molar-refractivity contribution in [1.82, 2.24) is 5.43 Å². The predicted molar refractivity (Wildman–Crippen MR) is 92.1 cm³/mol. The van der Waals surface area contributed by atoms with E-state index in [1.165, 1.54) is 11.8 Å². The second-order valence-corrected chi connectivity index (χ2v) is 5.76. The van der Waals surface area contributed by atoms with Gasteiger partial charge in [0.05, 0.1) is 17.9 Å². The van der Waals surface area contributed by atoms with Crippen molar-refractivity contribution in [2.75, 3.05) is 16.9 Å². The number of hydrogen-bond acceptors (Lipinski definition) is 4. The van der Waals surface area contributed by atoms with Crippen LogP contribution in [-0.4, -0.2) is 24.5 Å². The summed E-state index contributed by atoms with van der Waals surface area (Å²) >= 11 is 5.90. The molecule has 1 aliphatic rings. The van der Waals surface area contributed by atoms with E-state index >= 15 is 0 Å². The molecular weight excluding hydrogens is 330 g/mol. The lowest BCUT2D eigenvalue weighted by Gasteiger charge is -2.33. The molecule has 2 amide bonds. The standard InChI is InChI=1S/C17H16ClN3O3/c1-11(22)21-10-16(24-15-8-3-2-7-14(15)21)17(23)20-19-13-6-4-5-12(18)9-13/h2-9,16,19H,10H2,1H3,(H,20,23)/t16-/m0/s1. The SMILES string of the molecule is CC(=O)N1C[C@@H](C(=O)NNc2cccc(Cl)c2)Oc2ccccc21. The molecule has 0 spiro atoms. The van der Waals surface area contributed by atoms with Crippen LogP contribution in [0.25, 0.3) is 0 Å². The van der Waals surface area contributed by atoms with Crippen LogP contribution in [0.5, 0.6) is 5.75 Å². The zero-order valence-corrected chi connectivity index (χ0v) is 13.7. The molecule has 1 aliphatic heterocycles. The van der Waals surface area contributed by atoms with Crippen molar-refractivity contribution in [3.05, 3.63) is 53.6 Å². The Balaban J connectivity index is 1.71. The van der Waals surface area contributed by atoms with Crippen LogP contribution in [0.2, 0.25) is 5.02 Å². The summed E-state index contributed by atoms with van der Waals surface area (Å²) in [6.45, 7) is 1.61. The lowest BCUT2D eigenvalue weighted by atomic mass is 10.2. The van der Waals surface area contributed by atoms with Gasteiger partial charge in [0.2, 0.25) is 5.91 Å². The van der Waals surface area contributed by atoms with E-state index in [-0.39, 0.29) is 18.4 Å². The number of fused-ring (bicyclic) bond motifs is 1. The Labute approximate surface area is 144 Å². The third kappa shape index (κ3) is 3.44. The number of halogens is 1. The number of amides is 2. The Morgan fingerprint density at radius 2 is 2.00 bits per heavy atom. The quantitative estimate of drug-likeness (QED) is 0.839. The molecule has 0 fully saturated rings. The second-order valence-electron chi connectivity index (χ2n) is 5.33. The molecule has 2 aromatic carbocycles. The van der Waals surface area contributed by atoms with Crippen LogP contribution in [0.15, 0.2) is 48.5 Å². The van der Waals surface area contributed by atoms with Gasteiger partial charge in [-0.15, -0.1) is 0 Å². The fourth-order valence-corrected chi connectivity index (χ4v) is 2.64. The molecule has 0 unspecified atom stereocenters. The van der Waals surface area contributed by atoms with Gasteiger partial charge in [-0.25, -0.2) is 0 Å². The molecule has 3 rings (SSSR count). The molecule has 2 aromatic rings. The molecule has 1 heterocycles. The smallest absolute Gasteiger partial charge is 0.281 e. The van der Waals surface area contributed by atoms with Gasteiger partial charge >= 0.3 is 0 Å². The largest absolute Gasteiger partial charge is 0.476 e. The number of nitrogens with zero attached hydrogens (tertiary/aromatic N) is 1. The van der Waals surface area contributed by atoms with Gasteiger partial charge in [-0.05, 0) is 30.3 Å². The normalized spacial score (nSPS) is 15.9. The van der Waals surface area contributed by atoms with Gasteiger partial charge in [0, 0.05) is 11.9 Å². The summed E-state index contributed by atoms with van der Waals surface area (Å²) in [4.78, 5) is 25.7. The molecule has 1 atom stereocenters.